The predicted octanol–water partition coefficient (Wildman–Crippen LogP) is 4.53. The zero-order valence-corrected chi connectivity index (χ0v) is 14.7. The normalized spacial score (nSPS) is 12.9. The first-order valence-corrected chi connectivity index (χ1v) is 8.34. The molecule has 0 bridgehead atoms. The minimum atomic E-state index is -4.72. The fourth-order valence-corrected chi connectivity index (χ4v) is 2.87. The molecule has 1 aliphatic heterocycles. The van der Waals surface area contributed by atoms with Crippen molar-refractivity contribution in [1.29, 1.82) is 0 Å². The Labute approximate surface area is 161 Å². The molecule has 144 valence electrons. The minimum absolute atomic E-state index is 0.0565. The first-order chi connectivity index (χ1) is 13.3. The number of para-hydroxylation sites is 1. The summed E-state index contributed by atoms with van der Waals surface area (Å²) >= 11 is 6.08. The van der Waals surface area contributed by atoms with Crippen LogP contribution in [-0.4, -0.2) is 22.5 Å². The number of anilines is 1. The highest BCUT2D eigenvalue weighted by Gasteiger charge is 2.36. The molecule has 0 fully saturated rings. The molecule has 0 aliphatic carbocycles. The van der Waals surface area contributed by atoms with Crippen molar-refractivity contribution in [1.82, 2.24) is 9.78 Å². The van der Waals surface area contributed by atoms with Crippen LogP contribution in [0.2, 0.25) is 5.02 Å². The van der Waals surface area contributed by atoms with Crippen molar-refractivity contribution >= 4 is 23.2 Å². The van der Waals surface area contributed by atoms with E-state index in [1.165, 1.54) is 18.2 Å². The van der Waals surface area contributed by atoms with Crippen molar-refractivity contribution in [3.8, 4) is 17.2 Å². The highest BCUT2D eigenvalue weighted by Crippen LogP contribution is 2.35. The van der Waals surface area contributed by atoms with Crippen LogP contribution in [0.5, 0.6) is 11.5 Å². The lowest BCUT2D eigenvalue weighted by Gasteiger charge is -2.10. The molecular formula is C18H11ClF3N3O3. The standard InChI is InChI=1S/C18H11ClF3N3O3/c19-11-3-1-2-4-12(11)25-13(8-16(24-25)18(20,21)22)17(26)23-10-5-6-14-15(7-10)28-9-27-14/h1-8H,9H2,(H,23,26). The van der Waals surface area contributed by atoms with Crippen LogP contribution in [0.1, 0.15) is 16.2 Å². The summed E-state index contributed by atoms with van der Waals surface area (Å²) in [5.74, 6) is 0.147. The van der Waals surface area contributed by atoms with Crippen molar-refractivity contribution in [2.75, 3.05) is 12.1 Å². The second-order valence-electron chi connectivity index (χ2n) is 5.80. The van der Waals surface area contributed by atoms with E-state index in [2.05, 4.69) is 10.4 Å². The van der Waals surface area contributed by atoms with Gasteiger partial charge in [-0.05, 0) is 24.3 Å². The van der Waals surface area contributed by atoms with E-state index in [1.807, 2.05) is 0 Å². The second-order valence-corrected chi connectivity index (χ2v) is 6.21. The summed E-state index contributed by atoms with van der Waals surface area (Å²) in [4.78, 5) is 12.7. The number of halogens is 4. The van der Waals surface area contributed by atoms with Gasteiger partial charge >= 0.3 is 6.18 Å². The number of fused-ring (bicyclic) bond motifs is 1. The van der Waals surface area contributed by atoms with Crippen molar-refractivity contribution in [2.45, 2.75) is 6.18 Å². The molecule has 0 atom stereocenters. The molecule has 4 rings (SSSR count). The van der Waals surface area contributed by atoms with Crippen LogP contribution in [0.3, 0.4) is 0 Å². The number of carbonyl (C=O) groups excluding carboxylic acids is 1. The lowest BCUT2D eigenvalue weighted by molar-refractivity contribution is -0.141. The number of nitrogens with zero attached hydrogens (tertiary/aromatic N) is 2. The Hall–Kier alpha value is -3.20. The molecule has 6 nitrogen and oxygen atoms in total. The van der Waals surface area contributed by atoms with E-state index in [9.17, 15) is 18.0 Å². The number of aromatic nitrogens is 2. The maximum Gasteiger partial charge on any atom is 0.435 e. The summed E-state index contributed by atoms with van der Waals surface area (Å²) in [6.45, 7) is 0.0565. The number of alkyl halides is 3. The average molecular weight is 410 g/mol. The predicted molar refractivity (Wildman–Crippen MR) is 94.1 cm³/mol. The first-order valence-electron chi connectivity index (χ1n) is 7.96. The molecule has 0 saturated carbocycles. The van der Waals surface area contributed by atoms with E-state index >= 15 is 0 Å². The summed E-state index contributed by atoms with van der Waals surface area (Å²) in [6.07, 6.45) is -4.72. The Kier molecular flexibility index (Phi) is 4.38. The number of amides is 1. The molecule has 0 unspecified atom stereocenters. The molecule has 1 amide bonds. The van der Waals surface area contributed by atoms with E-state index in [4.69, 9.17) is 21.1 Å². The van der Waals surface area contributed by atoms with Gasteiger partial charge in [0.1, 0.15) is 5.69 Å². The third-order valence-electron chi connectivity index (χ3n) is 3.94. The van der Waals surface area contributed by atoms with Crippen LogP contribution in [-0.2, 0) is 6.18 Å². The molecule has 0 radical (unpaired) electrons. The quantitative estimate of drug-likeness (QED) is 0.690. The Bertz CT molecular complexity index is 1070. The monoisotopic (exact) mass is 409 g/mol. The number of hydrogen-bond acceptors (Lipinski definition) is 4. The summed E-state index contributed by atoms with van der Waals surface area (Å²) in [5.41, 5.74) is -1.05. The summed E-state index contributed by atoms with van der Waals surface area (Å²) in [7, 11) is 0. The van der Waals surface area contributed by atoms with Crippen LogP contribution in [0.25, 0.3) is 5.69 Å². The topological polar surface area (TPSA) is 65.4 Å². The fraction of sp³-hybridized carbons (Fsp3) is 0.111. The molecule has 1 aliphatic rings. The molecule has 28 heavy (non-hydrogen) atoms. The smallest absolute Gasteiger partial charge is 0.435 e. The average Bonchev–Trinajstić information content (AvgIpc) is 3.28. The SMILES string of the molecule is O=C(Nc1ccc2c(c1)OCO2)c1cc(C(F)(F)F)nn1-c1ccccc1Cl. The number of hydrogen-bond donors (Lipinski definition) is 1. The third kappa shape index (κ3) is 3.36. The van der Waals surface area contributed by atoms with Crippen LogP contribution >= 0.6 is 11.6 Å². The van der Waals surface area contributed by atoms with Crippen LogP contribution in [0.4, 0.5) is 18.9 Å². The van der Waals surface area contributed by atoms with Crippen molar-refractivity contribution < 1.29 is 27.4 Å². The van der Waals surface area contributed by atoms with E-state index in [1.54, 1.807) is 24.3 Å². The van der Waals surface area contributed by atoms with Crippen LogP contribution in [0.15, 0.2) is 48.5 Å². The second kappa shape index (κ2) is 6.75. The molecule has 2 aromatic carbocycles. The Balaban J connectivity index is 1.72. The molecule has 3 aromatic rings. The number of ether oxygens (including phenoxy) is 2. The molecule has 1 N–H and O–H groups in total. The lowest BCUT2D eigenvalue weighted by Crippen LogP contribution is -2.17. The van der Waals surface area contributed by atoms with Gasteiger partial charge in [0.2, 0.25) is 6.79 Å². The molecule has 1 aromatic heterocycles. The zero-order chi connectivity index (χ0) is 19.9. The number of rotatable bonds is 3. The Morgan fingerprint density at radius 3 is 2.61 bits per heavy atom. The van der Waals surface area contributed by atoms with E-state index in [0.717, 1.165) is 4.68 Å². The maximum atomic E-state index is 13.2. The van der Waals surface area contributed by atoms with Crippen molar-refractivity contribution in [3.05, 3.63) is 64.9 Å². The highest BCUT2D eigenvalue weighted by molar-refractivity contribution is 6.32. The maximum absolute atomic E-state index is 13.2. The van der Waals surface area contributed by atoms with Gasteiger partial charge in [-0.2, -0.15) is 18.3 Å². The zero-order valence-electron chi connectivity index (χ0n) is 14.0. The van der Waals surface area contributed by atoms with E-state index in [0.29, 0.717) is 23.3 Å². The van der Waals surface area contributed by atoms with Gasteiger partial charge in [0.25, 0.3) is 5.91 Å². The number of benzene rings is 2. The third-order valence-corrected chi connectivity index (χ3v) is 4.26. The first kappa shape index (κ1) is 18.2. The van der Waals surface area contributed by atoms with Crippen molar-refractivity contribution in [3.63, 3.8) is 0 Å². The molecule has 2 heterocycles. The van der Waals surface area contributed by atoms with E-state index < -0.39 is 17.8 Å². The van der Waals surface area contributed by atoms with E-state index in [-0.39, 0.29) is 23.2 Å². The van der Waals surface area contributed by atoms with Gasteiger partial charge in [-0.3, -0.25) is 4.79 Å². The molecule has 10 heteroatoms. The van der Waals surface area contributed by atoms with Crippen LogP contribution in [0, 0.1) is 0 Å². The molecule has 0 spiro atoms. The van der Waals surface area contributed by atoms with Gasteiger partial charge in [0, 0.05) is 17.8 Å². The van der Waals surface area contributed by atoms with Gasteiger partial charge in [-0.15, -0.1) is 0 Å². The number of carbonyl (C=O) groups is 1. The van der Waals surface area contributed by atoms with Gasteiger partial charge in [-0.1, -0.05) is 23.7 Å². The van der Waals surface area contributed by atoms with Crippen LogP contribution < -0.4 is 14.8 Å². The largest absolute Gasteiger partial charge is 0.454 e. The molecule has 0 saturated heterocycles. The van der Waals surface area contributed by atoms with Crippen molar-refractivity contribution in [2.24, 2.45) is 0 Å². The Morgan fingerprint density at radius 1 is 1.11 bits per heavy atom. The van der Waals surface area contributed by atoms with Gasteiger partial charge in [0.15, 0.2) is 17.2 Å². The lowest BCUT2D eigenvalue weighted by atomic mass is 10.2. The van der Waals surface area contributed by atoms with Gasteiger partial charge in [0.05, 0.1) is 10.7 Å². The van der Waals surface area contributed by atoms with Gasteiger partial charge in [-0.25, -0.2) is 4.68 Å². The summed E-state index contributed by atoms with van der Waals surface area (Å²) in [5, 5.41) is 6.22. The molecular weight excluding hydrogens is 399 g/mol. The Morgan fingerprint density at radius 2 is 1.86 bits per heavy atom. The fourth-order valence-electron chi connectivity index (χ4n) is 2.66. The number of nitrogens with one attached hydrogen (secondary N) is 1. The summed E-state index contributed by atoms with van der Waals surface area (Å²) < 4.78 is 50.8. The highest BCUT2D eigenvalue weighted by atomic mass is 35.5. The van der Waals surface area contributed by atoms with Gasteiger partial charge < -0.3 is 14.8 Å². The minimum Gasteiger partial charge on any atom is -0.454 e. The summed E-state index contributed by atoms with van der Waals surface area (Å²) in [6, 6.07) is 11.5.